The molecule has 0 saturated carbocycles. The van der Waals surface area contributed by atoms with Gasteiger partial charge >= 0.3 is 5.97 Å². The van der Waals surface area contributed by atoms with Gasteiger partial charge in [-0.05, 0) is 30.4 Å². The summed E-state index contributed by atoms with van der Waals surface area (Å²) < 4.78 is 5.55. The smallest absolute Gasteiger partial charge is 0.339 e. The normalized spacial score (nSPS) is 20.0. The van der Waals surface area contributed by atoms with E-state index < -0.39 is 0 Å². The fraction of sp³-hybridized carbons (Fsp3) is 0.471. The summed E-state index contributed by atoms with van der Waals surface area (Å²) in [5, 5.41) is 0. The summed E-state index contributed by atoms with van der Waals surface area (Å²) in [4.78, 5) is 12.0. The van der Waals surface area contributed by atoms with E-state index in [9.17, 15) is 4.79 Å². The van der Waals surface area contributed by atoms with Crippen LogP contribution in [0.25, 0.3) is 5.57 Å². The summed E-state index contributed by atoms with van der Waals surface area (Å²) in [5.41, 5.74) is 1.68. The van der Waals surface area contributed by atoms with Gasteiger partial charge in [-0.1, -0.05) is 57.0 Å². The Hall–Kier alpha value is -1.57. The van der Waals surface area contributed by atoms with E-state index >= 15 is 0 Å². The molecule has 2 heteroatoms. The maximum Gasteiger partial charge on any atom is 0.339 e. The molecule has 2 atom stereocenters. The highest BCUT2D eigenvalue weighted by Crippen LogP contribution is 2.30. The van der Waals surface area contributed by atoms with Crippen LogP contribution in [0.15, 0.2) is 36.4 Å². The maximum absolute atomic E-state index is 12.0. The van der Waals surface area contributed by atoms with Crippen LogP contribution in [0.1, 0.15) is 45.1 Å². The van der Waals surface area contributed by atoms with Crippen LogP contribution in [0.4, 0.5) is 0 Å². The van der Waals surface area contributed by atoms with Gasteiger partial charge in [0.25, 0.3) is 0 Å². The first-order valence-electron chi connectivity index (χ1n) is 7.24. The molecular formula is C17H22O2. The molecule has 0 aliphatic carbocycles. The first kappa shape index (κ1) is 13.9. The number of esters is 1. The third kappa shape index (κ3) is 3.25. The summed E-state index contributed by atoms with van der Waals surface area (Å²) in [5.74, 6) is 0.274. The Morgan fingerprint density at radius 1 is 1.21 bits per heavy atom. The molecule has 1 aliphatic rings. The monoisotopic (exact) mass is 258 g/mol. The Morgan fingerprint density at radius 3 is 2.58 bits per heavy atom. The van der Waals surface area contributed by atoms with Crippen molar-refractivity contribution in [3.8, 4) is 0 Å². The van der Waals surface area contributed by atoms with Crippen molar-refractivity contribution in [1.82, 2.24) is 0 Å². The molecule has 2 nitrogen and oxygen atoms in total. The van der Waals surface area contributed by atoms with Gasteiger partial charge < -0.3 is 4.74 Å². The van der Waals surface area contributed by atoms with Crippen molar-refractivity contribution in [1.29, 1.82) is 0 Å². The minimum atomic E-state index is -0.175. The number of rotatable bonds is 6. The summed E-state index contributed by atoms with van der Waals surface area (Å²) in [6, 6.07) is 9.78. The summed E-state index contributed by atoms with van der Waals surface area (Å²) >= 11 is 0. The lowest BCUT2D eigenvalue weighted by molar-refractivity contribution is -0.139. The van der Waals surface area contributed by atoms with Crippen molar-refractivity contribution in [3.05, 3.63) is 42.0 Å². The van der Waals surface area contributed by atoms with E-state index in [-0.39, 0.29) is 12.1 Å². The molecule has 0 radical (unpaired) electrons. The minimum Gasteiger partial charge on any atom is -0.454 e. The third-order valence-corrected chi connectivity index (χ3v) is 3.80. The Morgan fingerprint density at radius 2 is 1.95 bits per heavy atom. The molecule has 0 fully saturated rings. The summed E-state index contributed by atoms with van der Waals surface area (Å²) in [6.45, 7) is 4.36. The average Bonchev–Trinajstić information content (AvgIpc) is 2.83. The van der Waals surface area contributed by atoms with Crippen LogP contribution < -0.4 is 0 Å². The Labute approximate surface area is 115 Å². The summed E-state index contributed by atoms with van der Waals surface area (Å²) in [7, 11) is 0. The van der Waals surface area contributed by atoms with E-state index in [1.54, 1.807) is 0 Å². The van der Waals surface area contributed by atoms with Crippen LogP contribution in [-0.2, 0) is 9.53 Å². The number of hydrogen-bond donors (Lipinski definition) is 0. The highest BCUT2D eigenvalue weighted by atomic mass is 16.5. The number of benzene rings is 1. The van der Waals surface area contributed by atoms with E-state index in [1.807, 2.05) is 36.4 Å². The Bertz CT molecular complexity index is 448. The number of hydrogen-bond acceptors (Lipinski definition) is 2. The van der Waals surface area contributed by atoms with E-state index in [0.29, 0.717) is 5.92 Å². The Balaban J connectivity index is 2.13. The first-order valence-corrected chi connectivity index (χ1v) is 7.24. The molecule has 0 amide bonds. The molecule has 0 saturated heterocycles. The third-order valence-electron chi connectivity index (χ3n) is 3.80. The zero-order valence-electron chi connectivity index (χ0n) is 11.8. The van der Waals surface area contributed by atoms with Gasteiger partial charge in [-0.25, -0.2) is 4.79 Å². The van der Waals surface area contributed by atoms with Crippen molar-refractivity contribution in [2.75, 3.05) is 0 Å². The molecule has 2 unspecified atom stereocenters. The summed E-state index contributed by atoms with van der Waals surface area (Å²) in [6.07, 6.45) is 6.54. The zero-order valence-corrected chi connectivity index (χ0v) is 11.8. The molecule has 19 heavy (non-hydrogen) atoms. The van der Waals surface area contributed by atoms with Crippen molar-refractivity contribution in [2.24, 2.45) is 5.92 Å². The van der Waals surface area contributed by atoms with Crippen molar-refractivity contribution >= 4 is 11.5 Å². The highest BCUT2D eigenvalue weighted by molar-refractivity contribution is 6.18. The standard InChI is InChI=1S/C17H22O2/c1-3-5-9-13(4-2)16-12-15(17(18)19-16)14-10-7-6-8-11-14/h6-8,10-13,16H,3-5,9H2,1-2H3. The fourth-order valence-corrected chi connectivity index (χ4v) is 2.58. The molecule has 102 valence electrons. The van der Waals surface area contributed by atoms with Gasteiger partial charge in [0.2, 0.25) is 0 Å². The zero-order chi connectivity index (χ0) is 13.7. The van der Waals surface area contributed by atoms with Crippen molar-refractivity contribution in [2.45, 2.75) is 45.6 Å². The Kier molecular flexibility index (Phi) is 4.78. The van der Waals surface area contributed by atoms with E-state index in [1.165, 1.54) is 12.8 Å². The number of carbonyl (C=O) groups excluding carboxylic acids is 1. The van der Waals surface area contributed by atoms with Gasteiger partial charge in [-0.2, -0.15) is 0 Å². The quantitative estimate of drug-likeness (QED) is 0.714. The predicted octanol–water partition coefficient (Wildman–Crippen LogP) is 4.21. The second-order valence-electron chi connectivity index (χ2n) is 5.13. The molecule has 0 spiro atoms. The van der Waals surface area contributed by atoms with Gasteiger partial charge in [0.15, 0.2) is 0 Å². The average molecular weight is 258 g/mol. The topological polar surface area (TPSA) is 26.3 Å². The SMILES string of the molecule is CCCCC(CC)C1C=C(c2ccccc2)C(=O)O1. The second-order valence-corrected chi connectivity index (χ2v) is 5.13. The van der Waals surface area contributed by atoms with Crippen molar-refractivity contribution < 1.29 is 9.53 Å². The number of carbonyl (C=O) groups is 1. The molecule has 1 aromatic rings. The molecule has 1 heterocycles. The van der Waals surface area contributed by atoms with Crippen molar-refractivity contribution in [3.63, 3.8) is 0 Å². The van der Waals surface area contributed by atoms with Crippen LogP contribution in [0.3, 0.4) is 0 Å². The van der Waals surface area contributed by atoms with Gasteiger partial charge in [0.1, 0.15) is 6.10 Å². The van der Waals surface area contributed by atoms with Crippen LogP contribution in [0.5, 0.6) is 0 Å². The molecule has 0 bridgehead atoms. The first-order chi connectivity index (χ1) is 9.26. The van der Waals surface area contributed by atoms with Crippen LogP contribution >= 0.6 is 0 Å². The molecular weight excluding hydrogens is 236 g/mol. The number of ether oxygens (including phenoxy) is 1. The minimum absolute atomic E-state index is 0.0424. The highest BCUT2D eigenvalue weighted by Gasteiger charge is 2.31. The lowest BCUT2D eigenvalue weighted by Gasteiger charge is -2.19. The van der Waals surface area contributed by atoms with Crippen LogP contribution in [0, 0.1) is 5.92 Å². The van der Waals surface area contributed by atoms with Crippen LogP contribution in [-0.4, -0.2) is 12.1 Å². The maximum atomic E-state index is 12.0. The molecule has 0 N–H and O–H groups in total. The molecule has 2 rings (SSSR count). The number of cyclic esters (lactones) is 1. The molecule has 1 aliphatic heterocycles. The predicted molar refractivity (Wildman–Crippen MR) is 77.6 cm³/mol. The molecule has 1 aromatic carbocycles. The van der Waals surface area contributed by atoms with Gasteiger partial charge in [0.05, 0.1) is 5.57 Å². The van der Waals surface area contributed by atoms with Crippen LogP contribution in [0.2, 0.25) is 0 Å². The lowest BCUT2D eigenvalue weighted by atomic mass is 9.92. The number of unbranched alkanes of at least 4 members (excludes halogenated alkanes) is 1. The van der Waals surface area contributed by atoms with Gasteiger partial charge in [-0.15, -0.1) is 0 Å². The lowest BCUT2D eigenvalue weighted by Crippen LogP contribution is -2.19. The van der Waals surface area contributed by atoms with E-state index in [4.69, 9.17) is 4.74 Å². The van der Waals surface area contributed by atoms with Gasteiger partial charge in [0, 0.05) is 0 Å². The van der Waals surface area contributed by atoms with E-state index in [0.717, 1.165) is 24.0 Å². The van der Waals surface area contributed by atoms with Gasteiger partial charge in [-0.3, -0.25) is 0 Å². The second kappa shape index (κ2) is 6.55. The molecule has 0 aromatic heterocycles. The fourth-order valence-electron chi connectivity index (χ4n) is 2.58. The van der Waals surface area contributed by atoms with E-state index in [2.05, 4.69) is 13.8 Å². The largest absolute Gasteiger partial charge is 0.454 e.